The molecular formula is C16H21N3. The van der Waals surface area contributed by atoms with E-state index >= 15 is 0 Å². The highest BCUT2D eigenvalue weighted by molar-refractivity contribution is 5.32. The van der Waals surface area contributed by atoms with Gasteiger partial charge in [0.1, 0.15) is 0 Å². The lowest BCUT2D eigenvalue weighted by molar-refractivity contribution is 0.313. The van der Waals surface area contributed by atoms with Crippen molar-refractivity contribution >= 4 is 0 Å². The normalized spacial score (nSPS) is 25.2. The largest absolute Gasteiger partial charge is 0.306 e. The molecule has 2 unspecified atom stereocenters. The van der Waals surface area contributed by atoms with Crippen molar-refractivity contribution in [2.45, 2.75) is 44.3 Å². The molecule has 0 aromatic heterocycles. The summed E-state index contributed by atoms with van der Waals surface area (Å²) in [6, 6.07) is 11.9. The first-order valence-corrected chi connectivity index (χ1v) is 7.26. The molecule has 1 aliphatic carbocycles. The zero-order valence-corrected chi connectivity index (χ0v) is 11.5. The molecule has 1 aliphatic heterocycles. The summed E-state index contributed by atoms with van der Waals surface area (Å²) in [5, 5.41) is 12.5. The lowest BCUT2D eigenvalue weighted by Gasteiger charge is -2.20. The number of nitrogens with one attached hydrogen (secondary N) is 1. The summed E-state index contributed by atoms with van der Waals surface area (Å²) in [7, 11) is 0. The van der Waals surface area contributed by atoms with Gasteiger partial charge in [0.05, 0.1) is 11.6 Å². The molecule has 1 saturated carbocycles. The molecule has 0 amide bonds. The van der Waals surface area contributed by atoms with E-state index in [4.69, 9.17) is 5.26 Å². The van der Waals surface area contributed by atoms with Gasteiger partial charge in [-0.25, -0.2) is 0 Å². The number of hydrogen-bond donors (Lipinski definition) is 1. The molecule has 1 saturated heterocycles. The van der Waals surface area contributed by atoms with E-state index in [1.165, 1.54) is 37.9 Å². The molecule has 19 heavy (non-hydrogen) atoms. The fourth-order valence-corrected chi connectivity index (χ4v) is 2.99. The molecule has 3 rings (SSSR count). The van der Waals surface area contributed by atoms with Gasteiger partial charge in [-0.2, -0.15) is 5.26 Å². The third-order valence-corrected chi connectivity index (χ3v) is 4.31. The molecule has 3 nitrogen and oxygen atoms in total. The number of hydrogen-bond acceptors (Lipinski definition) is 3. The van der Waals surface area contributed by atoms with Crippen LogP contribution < -0.4 is 5.32 Å². The van der Waals surface area contributed by atoms with Crippen molar-refractivity contribution < 1.29 is 0 Å². The van der Waals surface area contributed by atoms with Gasteiger partial charge in [-0.05, 0) is 43.9 Å². The second kappa shape index (κ2) is 5.32. The van der Waals surface area contributed by atoms with Crippen LogP contribution in [0.3, 0.4) is 0 Å². The van der Waals surface area contributed by atoms with Crippen molar-refractivity contribution in [3.05, 3.63) is 35.4 Å². The summed E-state index contributed by atoms with van der Waals surface area (Å²) < 4.78 is 0. The van der Waals surface area contributed by atoms with Crippen LogP contribution in [0.4, 0.5) is 0 Å². The van der Waals surface area contributed by atoms with Gasteiger partial charge in [-0.3, -0.25) is 4.90 Å². The fourth-order valence-electron chi connectivity index (χ4n) is 2.99. The molecule has 1 aromatic rings. The summed E-state index contributed by atoms with van der Waals surface area (Å²) in [5.41, 5.74) is 2.00. The van der Waals surface area contributed by atoms with Crippen LogP contribution in [0.2, 0.25) is 0 Å². The molecule has 2 aliphatic rings. The van der Waals surface area contributed by atoms with Crippen LogP contribution in [0.1, 0.15) is 43.4 Å². The van der Waals surface area contributed by atoms with Gasteiger partial charge < -0.3 is 5.32 Å². The van der Waals surface area contributed by atoms with Crippen molar-refractivity contribution in [3.63, 3.8) is 0 Å². The summed E-state index contributed by atoms with van der Waals surface area (Å²) in [6.45, 7) is 4.66. The predicted octanol–water partition coefficient (Wildman–Crippen LogP) is 2.45. The SMILES string of the molecule is CC(NC1CCN(C2CC2)C1)c1ccc(C#N)cc1. The van der Waals surface area contributed by atoms with Crippen LogP contribution in [0.5, 0.6) is 0 Å². The number of rotatable bonds is 4. The van der Waals surface area contributed by atoms with Crippen molar-refractivity contribution in [1.29, 1.82) is 5.26 Å². The van der Waals surface area contributed by atoms with Gasteiger partial charge in [0.15, 0.2) is 0 Å². The second-order valence-electron chi connectivity index (χ2n) is 5.83. The Morgan fingerprint density at radius 2 is 2.00 bits per heavy atom. The Hall–Kier alpha value is -1.37. The highest BCUT2D eigenvalue weighted by atomic mass is 15.2. The van der Waals surface area contributed by atoms with Crippen LogP contribution in [0.25, 0.3) is 0 Å². The molecule has 0 bridgehead atoms. The standard InChI is InChI=1S/C16H21N3/c1-12(14-4-2-13(10-17)3-5-14)18-15-8-9-19(11-15)16-6-7-16/h2-5,12,15-16,18H,6-9,11H2,1H3. The molecule has 100 valence electrons. The second-order valence-corrected chi connectivity index (χ2v) is 5.83. The van der Waals surface area contributed by atoms with Crippen LogP contribution in [0, 0.1) is 11.3 Å². The zero-order chi connectivity index (χ0) is 13.2. The Morgan fingerprint density at radius 1 is 1.26 bits per heavy atom. The number of nitriles is 1. The Morgan fingerprint density at radius 3 is 2.63 bits per heavy atom. The predicted molar refractivity (Wildman–Crippen MR) is 75.7 cm³/mol. The summed E-state index contributed by atoms with van der Waals surface area (Å²) in [5.74, 6) is 0. The van der Waals surface area contributed by atoms with Crippen LogP contribution in [-0.4, -0.2) is 30.1 Å². The molecule has 2 fully saturated rings. The number of benzene rings is 1. The maximum absolute atomic E-state index is 8.81. The number of nitrogens with zero attached hydrogens (tertiary/aromatic N) is 2. The zero-order valence-electron chi connectivity index (χ0n) is 11.5. The van der Waals surface area contributed by atoms with Crippen LogP contribution in [-0.2, 0) is 0 Å². The summed E-state index contributed by atoms with van der Waals surface area (Å²) in [6.07, 6.45) is 4.06. The molecule has 1 aromatic carbocycles. The van der Waals surface area contributed by atoms with Gasteiger partial charge in [0, 0.05) is 31.2 Å². The highest BCUT2D eigenvalue weighted by Crippen LogP contribution is 2.30. The number of likely N-dealkylation sites (tertiary alicyclic amines) is 1. The molecule has 3 heteroatoms. The molecule has 0 radical (unpaired) electrons. The first-order valence-electron chi connectivity index (χ1n) is 7.26. The first kappa shape index (κ1) is 12.7. The van der Waals surface area contributed by atoms with Gasteiger partial charge in [0.2, 0.25) is 0 Å². The van der Waals surface area contributed by atoms with E-state index < -0.39 is 0 Å². The monoisotopic (exact) mass is 255 g/mol. The van der Waals surface area contributed by atoms with E-state index in [1.54, 1.807) is 0 Å². The van der Waals surface area contributed by atoms with E-state index in [0.717, 1.165) is 11.6 Å². The van der Waals surface area contributed by atoms with Crippen LogP contribution >= 0.6 is 0 Å². The molecule has 1 heterocycles. The topological polar surface area (TPSA) is 39.1 Å². The first-order chi connectivity index (χ1) is 9.26. The lowest BCUT2D eigenvalue weighted by Crippen LogP contribution is -2.34. The van der Waals surface area contributed by atoms with Gasteiger partial charge in [-0.15, -0.1) is 0 Å². The third-order valence-electron chi connectivity index (χ3n) is 4.31. The fraction of sp³-hybridized carbons (Fsp3) is 0.562. The average molecular weight is 255 g/mol. The minimum Gasteiger partial charge on any atom is -0.306 e. The van der Waals surface area contributed by atoms with Gasteiger partial charge >= 0.3 is 0 Å². The van der Waals surface area contributed by atoms with E-state index in [2.05, 4.69) is 35.3 Å². The Balaban J connectivity index is 1.55. The van der Waals surface area contributed by atoms with Crippen molar-refractivity contribution in [3.8, 4) is 6.07 Å². The van der Waals surface area contributed by atoms with Gasteiger partial charge in [0.25, 0.3) is 0 Å². The van der Waals surface area contributed by atoms with E-state index in [1.807, 2.05) is 12.1 Å². The third kappa shape index (κ3) is 2.97. The van der Waals surface area contributed by atoms with Crippen molar-refractivity contribution in [1.82, 2.24) is 10.2 Å². The van der Waals surface area contributed by atoms with E-state index in [-0.39, 0.29) is 0 Å². The highest BCUT2D eigenvalue weighted by Gasteiger charge is 2.34. The molecule has 0 spiro atoms. The van der Waals surface area contributed by atoms with Crippen molar-refractivity contribution in [2.75, 3.05) is 13.1 Å². The quantitative estimate of drug-likeness (QED) is 0.898. The molecular weight excluding hydrogens is 234 g/mol. The Labute approximate surface area is 115 Å². The van der Waals surface area contributed by atoms with E-state index in [9.17, 15) is 0 Å². The Kier molecular flexibility index (Phi) is 3.54. The molecule has 2 atom stereocenters. The Bertz CT molecular complexity index is 470. The smallest absolute Gasteiger partial charge is 0.0991 e. The maximum Gasteiger partial charge on any atom is 0.0991 e. The minimum atomic E-state index is 0.358. The summed E-state index contributed by atoms with van der Waals surface area (Å²) >= 11 is 0. The average Bonchev–Trinajstić information content (AvgIpc) is 3.20. The van der Waals surface area contributed by atoms with E-state index in [0.29, 0.717) is 12.1 Å². The maximum atomic E-state index is 8.81. The molecule has 1 N–H and O–H groups in total. The van der Waals surface area contributed by atoms with Gasteiger partial charge in [-0.1, -0.05) is 12.1 Å². The summed E-state index contributed by atoms with van der Waals surface area (Å²) in [4.78, 5) is 2.63. The van der Waals surface area contributed by atoms with Crippen molar-refractivity contribution in [2.24, 2.45) is 0 Å². The minimum absolute atomic E-state index is 0.358. The van der Waals surface area contributed by atoms with Crippen LogP contribution in [0.15, 0.2) is 24.3 Å². The lowest BCUT2D eigenvalue weighted by atomic mass is 10.1.